The number of rotatable bonds is 4. The van der Waals surface area contributed by atoms with E-state index in [4.69, 9.17) is 5.11 Å². The van der Waals surface area contributed by atoms with Crippen molar-refractivity contribution in [3.63, 3.8) is 0 Å². The van der Waals surface area contributed by atoms with Crippen LogP contribution in [0.25, 0.3) is 0 Å². The number of alkyl halides is 3. The van der Waals surface area contributed by atoms with Gasteiger partial charge in [-0.2, -0.15) is 13.2 Å². The largest absolute Gasteiger partial charge is 0.480 e. The Morgan fingerprint density at radius 2 is 2.33 bits per heavy atom. The van der Waals surface area contributed by atoms with Crippen LogP contribution in [-0.4, -0.2) is 28.8 Å². The Hall–Kier alpha value is -1.15. The van der Waals surface area contributed by atoms with Crippen LogP contribution >= 0.6 is 11.3 Å². The highest BCUT2D eigenvalue weighted by Gasteiger charge is 2.31. The van der Waals surface area contributed by atoms with Crippen molar-refractivity contribution in [3.8, 4) is 0 Å². The fourth-order valence-corrected chi connectivity index (χ4v) is 1.48. The van der Waals surface area contributed by atoms with Gasteiger partial charge in [0, 0.05) is 5.38 Å². The SMILES string of the molecule is O=C(O)C(NCC(F)(F)F)c1cscn1. The van der Waals surface area contributed by atoms with Crippen LogP contribution in [-0.2, 0) is 4.79 Å². The number of hydrogen-bond donors (Lipinski definition) is 2. The number of carboxylic acid groups (broad SMARTS) is 1. The molecule has 2 N–H and O–H groups in total. The number of nitrogens with zero attached hydrogens (tertiary/aromatic N) is 1. The summed E-state index contributed by atoms with van der Waals surface area (Å²) in [5.74, 6) is -1.38. The molecule has 1 rings (SSSR count). The van der Waals surface area contributed by atoms with Crippen molar-refractivity contribution >= 4 is 17.3 Å². The molecule has 0 radical (unpaired) electrons. The maximum atomic E-state index is 11.8. The molecule has 8 heteroatoms. The molecular formula is C7H7F3N2O2S. The highest BCUT2D eigenvalue weighted by Crippen LogP contribution is 2.17. The molecule has 1 unspecified atom stereocenters. The molecule has 84 valence electrons. The first kappa shape index (κ1) is 11.9. The van der Waals surface area contributed by atoms with Crippen molar-refractivity contribution in [1.29, 1.82) is 0 Å². The molecule has 0 saturated carbocycles. The quantitative estimate of drug-likeness (QED) is 0.835. The summed E-state index contributed by atoms with van der Waals surface area (Å²) < 4.78 is 35.5. The van der Waals surface area contributed by atoms with E-state index in [1.165, 1.54) is 10.9 Å². The molecule has 0 aliphatic rings. The van der Waals surface area contributed by atoms with Gasteiger partial charge in [0.25, 0.3) is 0 Å². The maximum Gasteiger partial charge on any atom is 0.401 e. The normalized spacial score (nSPS) is 13.8. The number of carboxylic acids is 1. The van der Waals surface area contributed by atoms with Gasteiger partial charge < -0.3 is 5.11 Å². The van der Waals surface area contributed by atoms with Crippen molar-refractivity contribution in [2.24, 2.45) is 0 Å². The van der Waals surface area contributed by atoms with Crippen molar-refractivity contribution in [2.75, 3.05) is 6.54 Å². The molecule has 1 aromatic heterocycles. The molecule has 1 heterocycles. The van der Waals surface area contributed by atoms with E-state index in [9.17, 15) is 18.0 Å². The summed E-state index contributed by atoms with van der Waals surface area (Å²) in [6.45, 7) is -1.36. The number of nitrogens with one attached hydrogen (secondary N) is 1. The standard InChI is InChI=1S/C7H7F3N2O2S/c8-7(9,10)2-11-5(6(13)14)4-1-15-3-12-4/h1,3,5,11H,2H2,(H,13,14). The molecule has 1 aromatic rings. The number of thiazole rings is 1. The summed E-state index contributed by atoms with van der Waals surface area (Å²) in [5, 5.41) is 11.9. The highest BCUT2D eigenvalue weighted by atomic mass is 32.1. The van der Waals surface area contributed by atoms with Gasteiger partial charge in [-0.3, -0.25) is 10.1 Å². The van der Waals surface area contributed by atoms with E-state index in [1.807, 2.05) is 5.32 Å². The molecule has 0 amide bonds. The fraction of sp³-hybridized carbons (Fsp3) is 0.429. The Kier molecular flexibility index (Phi) is 3.64. The van der Waals surface area contributed by atoms with E-state index in [0.717, 1.165) is 11.3 Å². The summed E-state index contributed by atoms with van der Waals surface area (Å²) in [4.78, 5) is 14.3. The summed E-state index contributed by atoms with van der Waals surface area (Å²) in [7, 11) is 0. The number of aromatic nitrogens is 1. The van der Waals surface area contributed by atoms with Crippen LogP contribution in [0.1, 0.15) is 11.7 Å². The van der Waals surface area contributed by atoms with Gasteiger partial charge in [0.2, 0.25) is 0 Å². The van der Waals surface area contributed by atoms with Gasteiger partial charge >= 0.3 is 12.1 Å². The van der Waals surface area contributed by atoms with Crippen molar-refractivity contribution in [2.45, 2.75) is 12.2 Å². The molecule has 0 spiro atoms. The Bertz CT molecular complexity index is 325. The summed E-state index contributed by atoms with van der Waals surface area (Å²) in [5.41, 5.74) is 1.44. The van der Waals surface area contributed by atoms with E-state index >= 15 is 0 Å². The molecule has 0 aliphatic heterocycles. The van der Waals surface area contributed by atoms with Crippen molar-refractivity contribution < 1.29 is 23.1 Å². The van der Waals surface area contributed by atoms with Gasteiger partial charge in [-0.05, 0) is 0 Å². The molecule has 15 heavy (non-hydrogen) atoms. The molecule has 0 aliphatic carbocycles. The molecule has 4 nitrogen and oxygen atoms in total. The van der Waals surface area contributed by atoms with Gasteiger partial charge in [-0.15, -0.1) is 11.3 Å². The zero-order chi connectivity index (χ0) is 11.5. The Balaban J connectivity index is 2.65. The Morgan fingerprint density at radius 3 is 2.73 bits per heavy atom. The van der Waals surface area contributed by atoms with Crippen LogP contribution in [0.2, 0.25) is 0 Å². The zero-order valence-corrected chi connectivity index (χ0v) is 8.10. The lowest BCUT2D eigenvalue weighted by atomic mass is 10.2. The van der Waals surface area contributed by atoms with Gasteiger partial charge in [0.15, 0.2) is 0 Å². The predicted molar refractivity (Wildman–Crippen MR) is 46.5 cm³/mol. The summed E-state index contributed by atoms with van der Waals surface area (Å²) >= 11 is 1.12. The second-order valence-electron chi connectivity index (χ2n) is 2.68. The van der Waals surface area contributed by atoms with Gasteiger partial charge in [0.1, 0.15) is 6.04 Å². The number of halogens is 3. The molecule has 0 bridgehead atoms. The van der Waals surface area contributed by atoms with Crippen molar-refractivity contribution in [3.05, 3.63) is 16.6 Å². The third-order valence-corrected chi connectivity index (χ3v) is 2.11. The fourth-order valence-electron chi connectivity index (χ4n) is 0.901. The van der Waals surface area contributed by atoms with Crippen LogP contribution < -0.4 is 5.32 Å². The van der Waals surface area contributed by atoms with E-state index in [-0.39, 0.29) is 5.69 Å². The maximum absolute atomic E-state index is 11.8. The van der Waals surface area contributed by atoms with Crippen LogP contribution in [0.15, 0.2) is 10.9 Å². The van der Waals surface area contributed by atoms with E-state index in [2.05, 4.69) is 4.98 Å². The van der Waals surface area contributed by atoms with E-state index in [1.54, 1.807) is 0 Å². The monoisotopic (exact) mass is 240 g/mol. The van der Waals surface area contributed by atoms with Crippen LogP contribution in [0.5, 0.6) is 0 Å². The second-order valence-corrected chi connectivity index (χ2v) is 3.40. The lowest BCUT2D eigenvalue weighted by Gasteiger charge is -2.13. The predicted octanol–water partition coefficient (Wildman–Crippen LogP) is 1.42. The minimum atomic E-state index is -4.44. The van der Waals surface area contributed by atoms with Gasteiger partial charge in [-0.25, -0.2) is 4.98 Å². The number of carbonyl (C=O) groups is 1. The number of hydrogen-bond acceptors (Lipinski definition) is 4. The lowest BCUT2D eigenvalue weighted by Crippen LogP contribution is -2.36. The van der Waals surface area contributed by atoms with E-state index in [0.29, 0.717) is 0 Å². The van der Waals surface area contributed by atoms with E-state index < -0.39 is 24.7 Å². The Labute approximate surface area is 86.8 Å². The lowest BCUT2D eigenvalue weighted by molar-refractivity contribution is -0.143. The number of aliphatic carboxylic acids is 1. The first-order valence-corrected chi connectivity index (χ1v) is 4.75. The summed E-state index contributed by atoms with van der Waals surface area (Å²) in [6.07, 6.45) is -4.44. The molecule has 0 saturated heterocycles. The molecule has 0 aromatic carbocycles. The van der Waals surface area contributed by atoms with Crippen molar-refractivity contribution in [1.82, 2.24) is 10.3 Å². The molecule has 0 fully saturated rings. The smallest absolute Gasteiger partial charge is 0.401 e. The summed E-state index contributed by atoms with van der Waals surface area (Å²) in [6, 6.07) is -1.42. The minimum absolute atomic E-state index is 0.0803. The second kappa shape index (κ2) is 4.58. The molecular weight excluding hydrogens is 233 g/mol. The van der Waals surface area contributed by atoms with Gasteiger partial charge in [0.05, 0.1) is 17.7 Å². The third kappa shape index (κ3) is 3.84. The molecule has 1 atom stereocenters. The van der Waals surface area contributed by atoms with Crippen LogP contribution in [0, 0.1) is 0 Å². The average Bonchev–Trinajstić information content (AvgIpc) is 2.54. The average molecular weight is 240 g/mol. The first-order valence-electron chi connectivity index (χ1n) is 3.81. The zero-order valence-electron chi connectivity index (χ0n) is 7.28. The third-order valence-electron chi connectivity index (χ3n) is 1.50. The first-order chi connectivity index (χ1) is 6.90. The Morgan fingerprint density at radius 1 is 1.67 bits per heavy atom. The van der Waals surface area contributed by atoms with Crippen LogP contribution in [0.4, 0.5) is 13.2 Å². The minimum Gasteiger partial charge on any atom is -0.480 e. The van der Waals surface area contributed by atoms with Gasteiger partial charge in [-0.1, -0.05) is 0 Å². The van der Waals surface area contributed by atoms with Crippen LogP contribution in [0.3, 0.4) is 0 Å². The highest BCUT2D eigenvalue weighted by molar-refractivity contribution is 7.07. The topological polar surface area (TPSA) is 62.2 Å².